The number of ether oxygens (including phenoxy) is 1. The molecule has 1 N–H and O–H groups in total. The highest BCUT2D eigenvalue weighted by Gasteiger charge is 2.35. The van der Waals surface area contributed by atoms with Gasteiger partial charge in [0.1, 0.15) is 11.5 Å². The summed E-state index contributed by atoms with van der Waals surface area (Å²) in [5.74, 6) is 0.781. The topological polar surface area (TPSA) is 58.6 Å². The predicted octanol–water partition coefficient (Wildman–Crippen LogP) is 6.42. The Balaban J connectivity index is 1.34. The van der Waals surface area contributed by atoms with E-state index in [0.29, 0.717) is 23.0 Å². The van der Waals surface area contributed by atoms with Crippen LogP contribution in [0.5, 0.6) is 11.5 Å². The molecule has 0 bridgehead atoms. The van der Waals surface area contributed by atoms with Gasteiger partial charge in [-0.05, 0) is 71.6 Å². The molecule has 1 heterocycles. The van der Waals surface area contributed by atoms with E-state index < -0.39 is 5.92 Å². The summed E-state index contributed by atoms with van der Waals surface area (Å²) in [5, 5.41) is 3.51. The third-order valence-electron chi connectivity index (χ3n) is 5.71. The third kappa shape index (κ3) is 5.55. The van der Waals surface area contributed by atoms with Gasteiger partial charge in [0.05, 0.1) is 5.92 Å². The maximum Gasteiger partial charge on any atom is 0.229 e. The van der Waals surface area contributed by atoms with Crippen molar-refractivity contribution in [2.75, 3.05) is 16.8 Å². The van der Waals surface area contributed by atoms with E-state index in [1.54, 1.807) is 41.3 Å². The van der Waals surface area contributed by atoms with Crippen molar-refractivity contribution in [1.29, 1.82) is 0 Å². The smallest absolute Gasteiger partial charge is 0.229 e. The predicted molar refractivity (Wildman–Crippen MR) is 132 cm³/mol. The molecule has 0 aliphatic carbocycles. The van der Waals surface area contributed by atoms with E-state index in [1.165, 1.54) is 5.56 Å². The molecule has 1 atom stereocenters. The Morgan fingerprint density at radius 2 is 1.52 bits per heavy atom. The van der Waals surface area contributed by atoms with Gasteiger partial charge in [0.15, 0.2) is 0 Å². The van der Waals surface area contributed by atoms with Crippen LogP contribution in [0.2, 0.25) is 5.02 Å². The van der Waals surface area contributed by atoms with Crippen LogP contribution in [0.1, 0.15) is 32.8 Å². The standard InChI is InChI=1S/C27H27ClN2O3/c1-27(2,3)19-4-12-23(13-5-19)33-24-14-8-21(9-15-24)29-26(32)18-16-25(31)30(17-18)22-10-6-20(28)7-11-22/h4-15,18H,16-17H2,1-3H3,(H,29,32)/t18-/m0/s1. The number of hydrogen-bond donors (Lipinski definition) is 1. The number of halogens is 1. The summed E-state index contributed by atoms with van der Waals surface area (Å²) in [5.41, 5.74) is 2.74. The number of hydrogen-bond acceptors (Lipinski definition) is 3. The highest BCUT2D eigenvalue weighted by molar-refractivity contribution is 6.30. The minimum Gasteiger partial charge on any atom is -0.457 e. The molecule has 0 spiro atoms. The first-order valence-corrected chi connectivity index (χ1v) is 11.3. The normalized spacial score (nSPS) is 16.1. The Morgan fingerprint density at radius 1 is 0.939 bits per heavy atom. The summed E-state index contributed by atoms with van der Waals surface area (Å²) >= 11 is 5.93. The van der Waals surface area contributed by atoms with Crippen LogP contribution in [-0.2, 0) is 15.0 Å². The maximum absolute atomic E-state index is 12.7. The number of carbonyl (C=O) groups is 2. The van der Waals surface area contributed by atoms with Crippen molar-refractivity contribution in [3.8, 4) is 11.5 Å². The molecule has 6 heteroatoms. The molecule has 1 fully saturated rings. The number of nitrogens with one attached hydrogen (secondary N) is 1. The Labute approximate surface area is 199 Å². The fraction of sp³-hybridized carbons (Fsp3) is 0.259. The summed E-state index contributed by atoms with van der Waals surface area (Å²) in [6.07, 6.45) is 0.181. The van der Waals surface area contributed by atoms with Gasteiger partial charge in [0, 0.05) is 29.4 Å². The maximum atomic E-state index is 12.7. The van der Waals surface area contributed by atoms with Crippen LogP contribution in [0.4, 0.5) is 11.4 Å². The van der Waals surface area contributed by atoms with Crippen molar-refractivity contribution in [2.45, 2.75) is 32.6 Å². The first-order chi connectivity index (χ1) is 15.7. The number of carbonyl (C=O) groups excluding carboxylic acids is 2. The van der Waals surface area contributed by atoms with Crippen LogP contribution < -0.4 is 15.0 Å². The highest BCUT2D eigenvalue weighted by atomic mass is 35.5. The molecular weight excluding hydrogens is 436 g/mol. The molecule has 1 saturated heterocycles. The number of anilines is 2. The second-order valence-electron chi connectivity index (χ2n) is 9.27. The molecule has 0 radical (unpaired) electrons. The fourth-order valence-corrected chi connectivity index (χ4v) is 3.89. The Kier molecular flexibility index (Phi) is 6.43. The number of rotatable bonds is 5. The van der Waals surface area contributed by atoms with Gasteiger partial charge in [0.2, 0.25) is 11.8 Å². The molecule has 170 valence electrons. The average Bonchev–Trinajstić information content (AvgIpc) is 3.17. The second-order valence-corrected chi connectivity index (χ2v) is 9.71. The molecular formula is C27H27ClN2O3. The van der Waals surface area contributed by atoms with E-state index in [1.807, 2.05) is 24.3 Å². The van der Waals surface area contributed by atoms with Crippen LogP contribution in [-0.4, -0.2) is 18.4 Å². The highest BCUT2D eigenvalue weighted by Crippen LogP contribution is 2.29. The first kappa shape index (κ1) is 22.9. The van der Waals surface area contributed by atoms with E-state index in [-0.39, 0.29) is 23.7 Å². The second kappa shape index (κ2) is 9.28. The van der Waals surface area contributed by atoms with Gasteiger partial charge in [0.25, 0.3) is 0 Å². The van der Waals surface area contributed by atoms with Gasteiger partial charge in [-0.1, -0.05) is 44.5 Å². The number of benzene rings is 3. The van der Waals surface area contributed by atoms with Crippen molar-refractivity contribution in [3.63, 3.8) is 0 Å². The molecule has 0 aromatic heterocycles. The SMILES string of the molecule is CC(C)(C)c1ccc(Oc2ccc(NC(=O)[C@H]3CC(=O)N(c4ccc(Cl)cc4)C3)cc2)cc1. The number of amides is 2. The van der Waals surface area contributed by atoms with E-state index in [0.717, 1.165) is 11.4 Å². The molecule has 0 unspecified atom stereocenters. The zero-order valence-corrected chi connectivity index (χ0v) is 19.7. The van der Waals surface area contributed by atoms with Crippen molar-refractivity contribution >= 4 is 34.8 Å². The lowest BCUT2D eigenvalue weighted by atomic mass is 9.87. The quantitative estimate of drug-likeness (QED) is 0.475. The van der Waals surface area contributed by atoms with E-state index >= 15 is 0 Å². The van der Waals surface area contributed by atoms with E-state index in [9.17, 15) is 9.59 Å². The van der Waals surface area contributed by atoms with Gasteiger partial charge in [-0.15, -0.1) is 0 Å². The largest absolute Gasteiger partial charge is 0.457 e. The Hall–Kier alpha value is -3.31. The summed E-state index contributed by atoms with van der Waals surface area (Å²) in [6, 6.07) is 22.3. The molecule has 1 aliphatic rings. The summed E-state index contributed by atoms with van der Waals surface area (Å²) < 4.78 is 5.92. The van der Waals surface area contributed by atoms with Crippen LogP contribution >= 0.6 is 11.6 Å². The van der Waals surface area contributed by atoms with Crippen molar-refractivity contribution in [2.24, 2.45) is 5.92 Å². The molecule has 2 amide bonds. The average molecular weight is 463 g/mol. The zero-order valence-electron chi connectivity index (χ0n) is 19.0. The lowest BCUT2D eigenvalue weighted by molar-refractivity contribution is -0.122. The lowest BCUT2D eigenvalue weighted by Crippen LogP contribution is -2.28. The lowest BCUT2D eigenvalue weighted by Gasteiger charge is -2.19. The van der Waals surface area contributed by atoms with Gasteiger partial charge in [-0.2, -0.15) is 0 Å². The van der Waals surface area contributed by atoms with Gasteiger partial charge < -0.3 is 15.0 Å². The molecule has 4 rings (SSSR count). The fourth-order valence-electron chi connectivity index (χ4n) is 3.76. The number of nitrogens with zero attached hydrogens (tertiary/aromatic N) is 1. The van der Waals surface area contributed by atoms with Gasteiger partial charge >= 0.3 is 0 Å². The van der Waals surface area contributed by atoms with Crippen LogP contribution in [0, 0.1) is 5.92 Å². The minimum atomic E-state index is -0.412. The zero-order chi connectivity index (χ0) is 23.6. The summed E-state index contributed by atoms with van der Waals surface area (Å²) in [6.45, 7) is 6.86. The van der Waals surface area contributed by atoms with E-state index in [4.69, 9.17) is 16.3 Å². The van der Waals surface area contributed by atoms with Crippen LogP contribution in [0.15, 0.2) is 72.8 Å². The summed E-state index contributed by atoms with van der Waals surface area (Å²) in [4.78, 5) is 26.8. The van der Waals surface area contributed by atoms with Gasteiger partial charge in [-0.3, -0.25) is 9.59 Å². The molecule has 5 nitrogen and oxygen atoms in total. The van der Waals surface area contributed by atoms with Crippen molar-refractivity contribution in [1.82, 2.24) is 0 Å². The minimum absolute atomic E-state index is 0.0706. The molecule has 0 saturated carbocycles. The first-order valence-electron chi connectivity index (χ1n) is 10.9. The van der Waals surface area contributed by atoms with Crippen LogP contribution in [0.3, 0.4) is 0 Å². The summed E-state index contributed by atoms with van der Waals surface area (Å²) in [7, 11) is 0. The monoisotopic (exact) mass is 462 g/mol. The van der Waals surface area contributed by atoms with E-state index in [2.05, 4.69) is 38.2 Å². The molecule has 3 aromatic rings. The van der Waals surface area contributed by atoms with Gasteiger partial charge in [-0.25, -0.2) is 0 Å². The molecule has 33 heavy (non-hydrogen) atoms. The molecule has 1 aliphatic heterocycles. The van der Waals surface area contributed by atoms with Crippen molar-refractivity contribution in [3.05, 3.63) is 83.4 Å². The molecule has 3 aromatic carbocycles. The van der Waals surface area contributed by atoms with Crippen molar-refractivity contribution < 1.29 is 14.3 Å². The third-order valence-corrected chi connectivity index (χ3v) is 5.96. The Morgan fingerprint density at radius 3 is 2.09 bits per heavy atom. The Bertz CT molecular complexity index is 1130. The van der Waals surface area contributed by atoms with Crippen LogP contribution in [0.25, 0.3) is 0 Å².